The molecule has 0 aromatic heterocycles. The van der Waals surface area contributed by atoms with E-state index in [-0.39, 0.29) is 10.8 Å². The fraction of sp³-hybridized carbons (Fsp3) is 0.611. The summed E-state index contributed by atoms with van der Waals surface area (Å²) < 4.78 is 27.1. The van der Waals surface area contributed by atoms with Gasteiger partial charge in [-0.05, 0) is 49.3 Å². The maximum absolute atomic E-state index is 12.8. The van der Waals surface area contributed by atoms with Crippen molar-refractivity contribution in [2.45, 2.75) is 44.9 Å². The van der Waals surface area contributed by atoms with Gasteiger partial charge in [0.1, 0.15) is 0 Å². The SMILES string of the molecule is CC(C)CCNC(=O)c1cccc(S(=O)(=O)N2CCC(C)CC2)c1. The predicted octanol–water partition coefficient (Wildman–Crippen LogP) is 2.88. The first-order chi connectivity index (χ1) is 11.3. The van der Waals surface area contributed by atoms with Crippen LogP contribution in [-0.2, 0) is 10.0 Å². The summed E-state index contributed by atoms with van der Waals surface area (Å²) in [4.78, 5) is 12.4. The van der Waals surface area contributed by atoms with E-state index in [0.29, 0.717) is 37.0 Å². The fourth-order valence-electron chi connectivity index (χ4n) is 2.75. The lowest BCUT2D eigenvalue weighted by atomic mass is 10.0. The number of amides is 1. The molecule has 0 spiro atoms. The molecular formula is C18H28N2O3S. The zero-order valence-electron chi connectivity index (χ0n) is 14.8. The summed E-state index contributed by atoms with van der Waals surface area (Å²) in [6.07, 6.45) is 2.67. The lowest BCUT2D eigenvalue weighted by molar-refractivity contribution is 0.0952. The third-order valence-corrected chi connectivity index (χ3v) is 6.38. The van der Waals surface area contributed by atoms with Gasteiger partial charge in [-0.1, -0.05) is 26.8 Å². The van der Waals surface area contributed by atoms with Crippen molar-refractivity contribution in [1.82, 2.24) is 9.62 Å². The molecule has 24 heavy (non-hydrogen) atoms. The highest BCUT2D eigenvalue weighted by molar-refractivity contribution is 7.89. The van der Waals surface area contributed by atoms with Crippen LogP contribution in [0.1, 0.15) is 50.4 Å². The average molecular weight is 353 g/mol. The summed E-state index contributed by atoms with van der Waals surface area (Å²) in [6, 6.07) is 6.34. The largest absolute Gasteiger partial charge is 0.352 e. The van der Waals surface area contributed by atoms with Crippen LogP contribution in [0.4, 0.5) is 0 Å². The van der Waals surface area contributed by atoms with Crippen molar-refractivity contribution < 1.29 is 13.2 Å². The maximum Gasteiger partial charge on any atom is 0.251 e. The van der Waals surface area contributed by atoms with Gasteiger partial charge in [-0.2, -0.15) is 4.31 Å². The van der Waals surface area contributed by atoms with Gasteiger partial charge in [0.25, 0.3) is 5.91 Å². The van der Waals surface area contributed by atoms with Crippen LogP contribution in [0.15, 0.2) is 29.2 Å². The molecule has 5 nitrogen and oxygen atoms in total. The van der Waals surface area contributed by atoms with E-state index in [0.717, 1.165) is 19.3 Å². The van der Waals surface area contributed by atoms with Crippen LogP contribution in [0.25, 0.3) is 0 Å². The number of nitrogens with one attached hydrogen (secondary N) is 1. The number of piperidine rings is 1. The van der Waals surface area contributed by atoms with Crippen LogP contribution < -0.4 is 5.32 Å². The van der Waals surface area contributed by atoms with Gasteiger partial charge in [-0.3, -0.25) is 4.79 Å². The van der Waals surface area contributed by atoms with Crippen molar-refractivity contribution in [3.05, 3.63) is 29.8 Å². The molecule has 1 aliphatic heterocycles. The van der Waals surface area contributed by atoms with E-state index < -0.39 is 10.0 Å². The lowest BCUT2D eigenvalue weighted by Gasteiger charge is -2.29. The number of hydrogen-bond acceptors (Lipinski definition) is 3. The molecule has 0 bridgehead atoms. The molecule has 134 valence electrons. The summed E-state index contributed by atoms with van der Waals surface area (Å²) in [5.74, 6) is 0.855. The smallest absolute Gasteiger partial charge is 0.251 e. The number of carbonyl (C=O) groups is 1. The molecule has 1 N–H and O–H groups in total. The molecule has 0 radical (unpaired) electrons. The van der Waals surface area contributed by atoms with Crippen LogP contribution in [0.2, 0.25) is 0 Å². The van der Waals surface area contributed by atoms with E-state index in [1.165, 1.54) is 10.4 Å². The van der Waals surface area contributed by atoms with Crippen molar-refractivity contribution in [2.75, 3.05) is 19.6 Å². The highest BCUT2D eigenvalue weighted by atomic mass is 32.2. The molecule has 1 amide bonds. The first-order valence-electron chi connectivity index (χ1n) is 8.69. The van der Waals surface area contributed by atoms with Gasteiger partial charge in [0.2, 0.25) is 10.0 Å². The fourth-order valence-corrected chi connectivity index (χ4v) is 4.26. The van der Waals surface area contributed by atoms with Crippen LogP contribution in [-0.4, -0.2) is 38.3 Å². The van der Waals surface area contributed by atoms with E-state index in [9.17, 15) is 13.2 Å². The van der Waals surface area contributed by atoms with Gasteiger partial charge in [-0.15, -0.1) is 0 Å². The zero-order chi connectivity index (χ0) is 17.7. The summed E-state index contributed by atoms with van der Waals surface area (Å²) in [7, 11) is -3.52. The Kier molecular flexibility index (Phi) is 6.40. The molecule has 0 aliphatic carbocycles. The van der Waals surface area contributed by atoms with E-state index in [4.69, 9.17) is 0 Å². The first kappa shape index (κ1) is 18.9. The number of hydrogen-bond donors (Lipinski definition) is 1. The highest BCUT2D eigenvalue weighted by Crippen LogP contribution is 2.23. The van der Waals surface area contributed by atoms with Crippen LogP contribution in [0.3, 0.4) is 0 Å². The van der Waals surface area contributed by atoms with E-state index in [1.807, 2.05) is 0 Å². The molecule has 1 heterocycles. The Morgan fingerprint density at radius 3 is 2.58 bits per heavy atom. The summed E-state index contributed by atoms with van der Waals surface area (Å²) in [5.41, 5.74) is 0.394. The summed E-state index contributed by atoms with van der Waals surface area (Å²) in [5, 5.41) is 2.85. The third kappa shape index (κ3) is 4.80. The van der Waals surface area contributed by atoms with E-state index in [2.05, 4.69) is 26.1 Å². The van der Waals surface area contributed by atoms with Gasteiger partial charge in [-0.25, -0.2) is 8.42 Å². The number of rotatable bonds is 6. The second-order valence-electron chi connectivity index (χ2n) is 7.05. The van der Waals surface area contributed by atoms with Gasteiger partial charge in [0, 0.05) is 25.2 Å². The van der Waals surface area contributed by atoms with Crippen molar-refractivity contribution in [3.63, 3.8) is 0 Å². The van der Waals surface area contributed by atoms with E-state index in [1.54, 1.807) is 18.2 Å². The number of benzene rings is 1. The number of nitrogens with zero attached hydrogens (tertiary/aromatic N) is 1. The highest BCUT2D eigenvalue weighted by Gasteiger charge is 2.28. The van der Waals surface area contributed by atoms with Gasteiger partial charge in [0.15, 0.2) is 0 Å². The molecule has 1 saturated heterocycles. The molecule has 2 rings (SSSR count). The van der Waals surface area contributed by atoms with Gasteiger partial charge in [0.05, 0.1) is 4.90 Å². The minimum Gasteiger partial charge on any atom is -0.352 e. The maximum atomic E-state index is 12.8. The number of carbonyl (C=O) groups excluding carboxylic acids is 1. The molecule has 1 aliphatic rings. The average Bonchev–Trinajstić information content (AvgIpc) is 2.55. The number of sulfonamides is 1. The Hall–Kier alpha value is -1.40. The second kappa shape index (κ2) is 8.12. The molecule has 0 unspecified atom stereocenters. The van der Waals surface area contributed by atoms with Crippen molar-refractivity contribution >= 4 is 15.9 Å². The molecule has 1 fully saturated rings. The lowest BCUT2D eigenvalue weighted by Crippen LogP contribution is -2.38. The van der Waals surface area contributed by atoms with Crippen molar-refractivity contribution in [2.24, 2.45) is 11.8 Å². The topological polar surface area (TPSA) is 66.5 Å². The molecule has 6 heteroatoms. The van der Waals surface area contributed by atoms with Crippen molar-refractivity contribution in [1.29, 1.82) is 0 Å². The Balaban J connectivity index is 2.10. The summed E-state index contributed by atoms with van der Waals surface area (Å²) in [6.45, 7) is 8.03. The first-order valence-corrected chi connectivity index (χ1v) is 10.1. The quantitative estimate of drug-likeness (QED) is 0.856. The third-order valence-electron chi connectivity index (χ3n) is 4.48. The molecular weight excluding hydrogens is 324 g/mol. The Labute approximate surface area is 145 Å². The molecule has 0 atom stereocenters. The normalized spacial score (nSPS) is 17.2. The minimum absolute atomic E-state index is 0.202. The standard InChI is InChI=1S/C18H28N2O3S/c1-14(2)7-10-19-18(21)16-5-4-6-17(13-16)24(22,23)20-11-8-15(3)9-12-20/h4-6,13-15H,7-12H2,1-3H3,(H,19,21). The van der Waals surface area contributed by atoms with Gasteiger partial charge >= 0.3 is 0 Å². The monoisotopic (exact) mass is 352 g/mol. The van der Waals surface area contributed by atoms with Gasteiger partial charge < -0.3 is 5.32 Å². The Bertz CT molecular complexity index is 663. The second-order valence-corrected chi connectivity index (χ2v) is 8.99. The van der Waals surface area contributed by atoms with Crippen LogP contribution in [0, 0.1) is 11.8 Å². The van der Waals surface area contributed by atoms with Crippen LogP contribution >= 0.6 is 0 Å². The minimum atomic E-state index is -3.52. The Morgan fingerprint density at radius 2 is 1.96 bits per heavy atom. The Morgan fingerprint density at radius 1 is 1.29 bits per heavy atom. The molecule has 1 aromatic rings. The zero-order valence-corrected chi connectivity index (χ0v) is 15.6. The predicted molar refractivity (Wildman–Crippen MR) is 95.4 cm³/mol. The summed E-state index contributed by atoms with van der Waals surface area (Å²) >= 11 is 0. The van der Waals surface area contributed by atoms with Crippen LogP contribution in [0.5, 0.6) is 0 Å². The molecule has 1 aromatic carbocycles. The molecule has 0 saturated carbocycles. The van der Waals surface area contributed by atoms with E-state index >= 15 is 0 Å². The van der Waals surface area contributed by atoms with Crippen molar-refractivity contribution in [3.8, 4) is 0 Å².